The van der Waals surface area contributed by atoms with Crippen LogP contribution in [0.15, 0.2) is 140 Å². The van der Waals surface area contributed by atoms with Crippen molar-refractivity contribution in [2.24, 2.45) is 0 Å². The van der Waals surface area contributed by atoms with Gasteiger partial charge in [0.2, 0.25) is 0 Å². The van der Waals surface area contributed by atoms with Gasteiger partial charge in [0, 0.05) is 65.3 Å². The van der Waals surface area contributed by atoms with E-state index >= 15 is 0 Å². The minimum atomic E-state index is -0.0717. The Morgan fingerprint density at radius 3 is 1.54 bits per heavy atom. The van der Waals surface area contributed by atoms with Crippen LogP contribution in [-0.4, -0.2) is 11.3 Å². The van der Waals surface area contributed by atoms with Crippen LogP contribution in [0.1, 0.15) is 118 Å². The number of thiophene rings is 1. The van der Waals surface area contributed by atoms with Crippen molar-refractivity contribution in [2.45, 2.75) is 118 Å². The lowest BCUT2D eigenvalue weighted by molar-refractivity contribution is 0.590. The zero-order valence-electron chi connectivity index (χ0n) is 41.8. The predicted molar refractivity (Wildman–Crippen MR) is 294 cm³/mol. The molecule has 2 aromatic heterocycles. The molecule has 9 aromatic rings. The standard InChI is InChI=1S/C62H64BN3S/c1-14-38-35-51-55-52(36-38)65(44-28-21-40(22-29-44)60(5,6)7)56-54-50(34-32-47-46-17-15-16-18-53(46)67-57(47)54)66(45-30-23-41(24-31-45)61(8,9)10)58(56)63(55)48-37-42(62(11,12)13)25-33-49(48)64(51)43-26-19-39(20-27-43)59(2,3)4/h15-37H,14H2,1-13H3. The smallest absolute Gasteiger partial charge is 0.273 e. The molecule has 0 amide bonds. The van der Waals surface area contributed by atoms with Gasteiger partial charge in [-0.05, 0) is 134 Å². The Morgan fingerprint density at radius 2 is 0.985 bits per heavy atom. The summed E-state index contributed by atoms with van der Waals surface area (Å²) in [5.41, 5.74) is 20.6. The molecule has 0 bridgehead atoms. The largest absolute Gasteiger partial charge is 0.319 e. The average Bonchev–Trinajstić information content (AvgIpc) is 3.84. The summed E-state index contributed by atoms with van der Waals surface area (Å²) in [7, 11) is 0. The maximum Gasteiger partial charge on any atom is 0.273 e. The second-order valence-corrected chi connectivity index (χ2v) is 24.5. The molecule has 11 rings (SSSR count). The number of hydrogen-bond acceptors (Lipinski definition) is 3. The van der Waals surface area contributed by atoms with Crippen LogP contribution >= 0.6 is 11.3 Å². The molecule has 2 aliphatic heterocycles. The van der Waals surface area contributed by atoms with Crippen molar-refractivity contribution in [3.05, 3.63) is 167 Å². The van der Waals surface area contributed by atoms with Crippen molar-refractivity contribution in [1.29, 1.82) is 0 Å². The maximum atomic E-state index is 2.67. The SMILES string of the molecule is CCc1cc2c3c(c1)N(c1ccc(C(C)(C)C)cc1)c1c(n(-c4ccc(C(C)(C)C)cc4)c4ccc5c6ccccc6sc5c14)B3c1cc(C(C)(C)C)ccc1N2c1ccc(C(C)(C)C)cc1. The Hall–Kier alpha value is -6.04. The molecule has 0 fully saturated rings. The van der Waals surface area contributed by atoms with Crippen molar-refractivity contribution in [3.63, 3.8) is 0 Å². The first-order valence-corrected chi connectivity index (χ1v) is 25.3. The minimum absolute atomic E-state index is 0.0218. The monoisotopic (exact) mass is 893 g/mol. The van der Waals surface area contributed by atoms with Gasteiger partial charge in [0.05, 0.1) is 11.2 Å². The van der Waals surface area contributed by atoms with Crippen molar-refractivity contribution < 1.29 is 0 Å². The van der Waals surface area contributed by atoms with Crippen LogP contribution in [0, 0.1) is 0 Å². The highest BCUT2D eigenvalue weighted by atomic mass is 32.1. The normalized spacial score (nSPS) is 14.0. The molecule has 0 saturated carbocycles. The third-order valence-electron chi connectivity index (χ3n) is 14.8. The van der Waals surface area contributed by atoms with E-state index in [-0.39, 0.29) is 28.4 Å². The van der Waals surface area contributed by atoms with Gasteiger partial charge in [-0.2, -0.15) is 0 Å². The molecule has 0 saturated heterocycles. The van der Waals surface area contributed by atoms with E-state index in [1.807, 2.05) is 11.3 Å². The lowest BCUT2D eigenvalue weighted by Crippen LogP contribution is -2.63. The minimum Gasteiger partial charge on any atom is -0.319 e. The summed E-state index contributed by atoms with van der Waals surface area (Å²) in [6.45, 7) is 30.1. The molecule has 0 atom stereocenters. The van der Waals surface area contributed by atoms with Crippen LogP contribution in [-0.2, 0) is 28.1 Å². The molecular weight excluding hydrogens is 830 g/mol. The fraction of sp³-hybridized carbons (Fsp3) is 0.290. The van der Waals surface area contributed by atoms with Gasteiger partial charge in [-0.1, -0.05) is 163 Å². The number of aromatic nitrogens is 1. The molecule has 0 radical (unpaired) electrons. The Morgan fingerprint density at radius 1 is 0.478 bits per heavy atom. The Bertz CT molecular complexity index is 3410. The number of aryl methyl sites for hydroxylation is 1. The zero-order valence-corrected chi connectivity index (χ0v) is 42.6. The summed E-state index contributed by atoms with van der Waals surface area (Å²) >= 11 is 1.94. The molecule has 0 aliphatic carbocycles. The Kier molecular flexibility index (Phi) is 9.73. The molecule has 336 valence electrons. The van der Waals surface area contributed by atoms with E-state index in [2.05, 4.69) is 244 Å². The van der Waals surface area contributed by atoms with Crippen LogP contribution in [0.2, 0.25) is 0 Å². The molecule has 67 heavy (non-hydrogen) atoms. The van der Waals surface area contributed by atoms with Gasteiger partial charge in [0.15, 0.2) is 0 Å². The van der Waals surface area contributed by atoms with Crippen LogP contribution in [0.25, 0.3) is 36.8 Å². The van der Waals surface area contributed by atoms with Crippen LogP contribution in [0.5, 0.6) is 0 Å². The Balaban J connectivity index is 1.33. The lowest BCUT2D eigenvalue weighted by Gasteiger charge is -2.44. The highest BCUT2D eigenvalue weighted by Gasteiger charge is 2.47. The molecular formula is C62H64BN3S. The van der Waals surface area contributed by atoms with Gasteiger partial charge in [0.1, 0.15) is 0 Å². The molecule has 2 aliphatic rings. The predicted octanol–water partition coefficient (Wildman–Crippen LogP) is 15.8. The van der Waals surface area contributed by atoms with Gasteiger partial charge in [-0.3, -0.25) is 0 Å². The second kappa shape index (κ2) is 15.0. The zero-order chi connectivity index (χ0) is 47.1. The number of hydrogen-bond donors (Lipinski definition) is 0. The third kappa shape index (κ3) is 6.89. The molecule has 0 N–H and O–H groups in total. The molecule has 4 heterocycles. The van der Waals surface area contributed by atoms with Gasteiger partial charge in [0.25, 0.3) is 6.71 Å². The molecule has 5 heteroatoms. The number of anilines is 6. The first-order chi connectivity index (χ1) is 31.7. The summed E-state index contributed by atoms with van der Waals surface area (Å²) in [5, 5.41) is 3.95. The lowest BCUT2D eigenvalue weighted by atomic mass is 9.34. The van der Waals surface area contributed by atoms with Crippen molar-refractivity contribution >= 4 is 99.8 Å². The van der Waals surface area contributed by atoms with Gasteiger partial charge in [-0.25, -0.2) is 0 Å². The third-order valence-corrected chi connectivity index (χ3v) is 16.0. The van der Waals surface area contributed by atoms with E-state index in [4.69, 9.17) is 0 Å². The van der Waals surface area contributed by atoms with Crippen LogP contribution in [0.3, 0.4) is 0 Å². The van der Waals surface area contributed by atoms with Crippen molar-refractivity contribution in [2.75, 3.05) is 9.80 Å². The number of benzene rings is 7. The first-order valence-electron chi connectivity index (χ1n) is 24.4. The van der Waals surface area contributed by atoms with Crippen LogP contribution < -0.4 is 26.3 Å². The molecule has 0 spiro atoms. The molecule has 3 nitrogen and oxygen atoms in total. The highest BCUT2D eigenvalue weighted by molar-refractivity contribution is 7.26. The summed E-state index contributed by atoms with van der Waals surface area (Å²) in [6.07, 6.45) is 0.920. The quantitative estimate of drug-likeness (QED) is 0.163. The summed E-state index contributed by atoms with van der Waals surface area (Å²) in [5.74, 6) is 0. The van der Waals surface area contributed by atoms with Gasteiger partial charge < -0.3 is 14.4 Å². The fourth-order valence-corrected chi connectivity index (χ4v) is 12.1. The summed E-state index contributed by atoms with van der Waals surface area (Å²) in [6, 6.07) is 54.6. The topological polar surface area (TPSA) is 11.4 Å². The average molecular weight is 894 g/mol. The van der Waals surface area contributed by atoms with Gasteiger partial charge in [-0.15, -0.1) is 11.3 Å². The fourth-order valence-electron chi connectivity index (χ4n) is 10.9. The van der Waals surface area contributed by atoms with Crippen LogP contribution in [0.4, 0.5) is 34.1 Å². The van der Waals surface area contributed by atoms with E-state index < -0.39 is 0 Å². The van der Waals surface area contributed by atoms with Crippen molar-refractivity contribution in [1.82, 2.24) is 4.57 Å². The second-order valence-electron chi connectivity index (χ2n) is 23.4. The number of nitrogens with zero attached hydrogens (tertiary/aromatic N) is 3. The van der Waals surface area contributed by atoms with E-state index in [0.717, 1.165) is 6.42 Å². The molecule has 7 aromatic carbocycles. The van der Waals surface area contributed by atoms with E-state index in [9.17, 15) is 0 Å². The first kappa shape index (κ1) is 43.5. The summed E-state index contributed by atoms with van der Waals surface area (Å²) < 4.78 is 5.32. The maximum absolute atomic E-state index is 2.67. The Labute approximate surface area is 403 Å². The summed E-state index contributed by atoms with van der Waals surface area (Å²) in [4.78, 5) is 5.26. The number of fused-ring (bicyclic) bond motifs is 10. The van der Waals surface area contributed by atoms with Crippen molar-refractivity contribution in [3.8, 4) is 5.69 Å². The van der Waals surface area contributed by atoms with E-state index in [1.165, 1.54) is 115 Å². The van der Waals surface area contributed by atoms with Gasteiger partial charge >= 0.3 is 0 Å². The molecule has 0 unspecified atom stereocenters. The highest BCUT2D eigenvalue weighted by Crippen LogP contribution is 2.51. The van der Waals surface area contributed by atoms with E-state index in [1.54, 1.807) is 0 Å². The van der Waals surface area contributed by atoms with E-state index in [0.29, 0.717) is 0 Å². The number of rotatable bonds is 4.